The fourth-order valence-electron chi connectivity index (χ4n) is 2.20. The van der Waals surface area contributed by atoms with Gasteiger partial charge in [-0.25, -0.2) is 4.39 Å². The molecular formula is C15H18FNOS. The quantitative estimate of drug-likeness (QED) is 0.823. The number of halogens is 1. The largest absolute Gasteiger partial charge is 0.368 e. The number of hydrogen-bond donors (Lipinski definition) is 0. The zero-order valence-corrected chi connectivity index (χ0v) is 12.1. The van der Waals surface area contributed by atoms with Crippen molar-refractivity contribution in [1.29, 1.82) is 0 Å². The van der Waals surface area contributed by atoms with Crippen molar-refractivity contribution >= 4 is 27.1 Å². The van der Waals surface area contributed by atoms with Gasteiger partial charge in [-0.05, 0) is 31.0 Å². The molecule has 2 rings (SSSR count). The van der Waals surface area contributed by atoms with E-state index in [4.69, 9.17) is 0 Å². The molecular weight excluding hydrogens is 261 g/mol. The van der Waals surface area contributed by atoms with Crippen molar-refractivity contribution in [3.8, 4) is 0 Å². The molecule has 0 amide bonds. The summed E-state index contributed by atoms with van der Waals surface area (Å²) in [4.78, 5) is 14.6. The van der Waals surface area contributed by atoms with Crippen LogP contribution in [-0.4, -0.2) is 13.1 Å². The van der Waals surface area contributed by atoms with Crippen LogP contribution >= 0.6 is 11.3 Å². The molecule has 19 heavy (non-hydrogen) atoms. The van der Waals surface area contributed by atoms with E-state index >= 15 is 0 Å². The van der Waals surface area contributed by atoms with Crippen LogP contribution in [0.5, 0.6) is 0 Å². The van der Waals surface area contributed by atoms with Gasteiger partial charge in [-0.2, -0.15) is 0 Å². The summed E-state index contributed by atoms with van der Waals surface area (Å²) >= 11 is 1.50. The molecule has 0 saturated carbocycles. The lowest BCUT2D eigenvalue weighted by Gasteiger charge is -2.22. The average Bonchev–Trinajstić information content (AvgIpc) is 2.40. The number of nitrogens with zero attached hydrogens (tertiary/aromatic N) is 1. The summed E-state index contributed by atoms with van der Waals surface area (Å²) < 4.78 is 14.1. The van der Waals surface area contributed by atoms with Crippen LogP contribution in [0.4, 0.5) is 10.1 Å². The van der Waals surface area contributed by atoms with Crippen molar-refractivity contribution in [3.63, 3.8) is 0 Å². The van der Waals surface area contributed by atoms with Crippen molar-refractivity contribution in [3.05, 3.63) is 39.6 Å². The Morgan fingerprint density at radius 1 is 1.21 bits per heavy atom. The highest BCUT2D eigenvalue weighted by Gasteiger charge is 2.12. The van der Waals surface area contributed by atoms with E-state index in [1.54, 1.807) is 6.07 Å². The van der Waals surface area contributed by atoms with E-state index in [9.17, 15) is 9.18 Å². The Bertz CT molecular complexity index is 617. The van der Waals surface area contributed by atoms with Crippen LogP contribution in [0.15, 0.2) is 28.4 Å². The molecule has 0 fully saturated rings. The normalized spacial score (nSPS) is 10.9. The predicted molar refractivity (Wildman–Crippen MR) is 80.8 cm³/mol. The van der Waals surface area contributed by atoms with Gasteiger partial charge < -0.3 is 4.90 Å². The van der Waals surface area contributed by atoms with Crippen LogP contribution in [0.3, 0.4) is 0 Å². The number of anilines is 1. The van der Waals surface area contributed by atoms with Crippen LogP contribution in [0.2, 0.25) is 0 Å². The van der Waals surface area contributed by atoms with Crippen molar-refractivity contribution in [2.45, 2.75) is 26.7 Å². The predicted octanol–water partition coefficient (Wildman–Crippen LogP) is 4.03. The summed E-state index contributed by atoms with van der Waals surface area (Å²) in [5, 5.41) is 2.38. The van der Waals surface area contributed by atoms with Crippen molar-refractivity contribution in [1.82, 2.24) is 0 Å². The maximum absolute atomic E-state index is 13.3. The molecule has 0 aliphatic heterocycles. The lowest BCUT2D eigenvalue weighted by Crippen LogP contribution is -2.29. The average molecular weight is 279 g/mol. The van der Waals surface area contributed by atoms with Gasteiger partial charge in [-0.1, -0.05) is 13.8 Å². The van der Waals surface area contributed by atoms with E-state index < -0.39 is 0 Å². The number of rotatable bonds is 5. The fraction of sp³-hybridized carbons (Fsp3) is 0.400. The first-order valence-corrected chi connectivity index (χ1v) is 7.51. The van der Waals surface area contributed by atoms with Gasteiger partial charge in [0.2, 0.25) is 5.43 Å². The molecule has 0 bridgehead atoms. The third-order valence-corrected chi connectivity index (χ3v) is 4.00. The van der Waals surface area contributed by atoms with Gasteiger partial charge in [0.25, 0.3) is 0 Å². The zero-order chi connectivity index (χ0) is 13.8. The second kappa shape index (κ2) is 6.15. The summed E-state index contributed by atoms with van der Waals surface area (Å²) in [5.41, 5.74) is 0.641. The molecule has 1 heterocycles. The van der Waals surface area contributed by atoms with Crippen LogP contribution < -0.4 is 10.3 Å². The first-order valence-electron chi connectivity index (χ1n) is 6.63. The molecule has 0 atom stereocenters. The minimum Gasteiger partial charge on any atom is -0.368 e. The van der Waals surface area contributed by atoms with Gasteiger partial charge in [0, 0.05) is 28.6 Å². The monoisotopic (exact) mass is 279 g/mol. The smallest absolute Gasteiger partial charge is 0.211 e. The minimum atomic E-state index is -0.355. The summed E-state index contributed by atoms with van der Waals surface area (Å²) in [7, 11) is 0. The second-order valence-corrected chi connectivity index (χ2v) is 5.49. The Balaban J connectivity index is 2.54. The molecule has 2 nitrogen and oxygen atoms in total. The van der Waals surface area contributed by atoms with E-state index in [-0.39, 0.29) is 11.2 Å². The fourth-order valence-corrected chi connectivity index (χ4v) is 3.12. The number of hydrogen-bond acceptors (Lipinski definition) is 3. The van der Waals surface area contributed by atoms with Gasteiger partial charge >= 0.3 is 0 Å². The van der Waals surface area contributed by atoms with Crippen molar-refractivity contribution < 1.29 is 4.39 Å². The minimum absolute atomic E-state index is 0.0600. The van der Waals surface area contributed by atoms with Crippen molar-refractivity contribution in [2.75, 3.05) is 18.0 Å². The highest BCUT2D eigenvalue weighted by molar-refractivity contribution is 7.16. The highest BCUT2D eigenvalue weighted by Crippen LogP contribution is 2.22. The molecule has 0 saturated heterocycles. The summed E-state index contributed by atoms with van der Waals surface area (Å²) in [6, 6.07) is 4.41. The Morgan fingerprint density at radius 2 is 1.89 bits per heavy atom. The molecule has 0 N–H and O–H groups in total. The Labute approximate surface area is 116 Å². The van der Waals surface area contributed by atoms with E-state index in [0.717, 1.165) is 30.6 Å². The molecule has 0 spiro atoms. The molecule has 1 aromatic heterocycles. The molecule has 0 aliphatic carbocycles. The third kappa shape index (κ3) is 2.95. The Kier molecular flexibility index (Phi) is 4.53. The lowest BCUT2D eigenvalue weighted by molar-refractivity contribution is 0.629. The first kappa shape index (κ1) is 14.0. The summed E-state index contributed by atoms with van der Waals surface area (Å²) in [6.45, 7) is 5.90. The van der Waals surface area contributed by atoms with Crippen LogP contribution in [0, 0.1) is 5.82 Å². The van der Waals surface area contributed by atoms with Gasteiger partial charge in [0.1, 0.15) is 5.82 Å². The van der Waals surface area contributed by atoms with Gasteiger partial charge in [-0.15, -0.1) is 11.3 Å². The van der Waals surface area contributed by atoms with Crippen LogP contribution in [0.1, 0.15) is 26.7 Å². The molecule has 1 aromatic carbocycles. The van der Waals surface area contributed by atoms with Gasteiger partial charge in [-0.3, -0.25) is 4.79 Å². The first-order chi connectivity index (χ1) is 9.17. The second-order valence-electron chi connectivity index (χ2n) is 4.58. The van der Waals surface area contributed by atoms with Crippen LogP contribution in [0.25, 0.3) is 10.1 Å². The SMILES string of the molecule is CCCN(CCC)c1csc2ccc(F)cc2c1=O. The molecule has 0 aliphatic rings. The van der Waals surface area contributed by atoms with E-state index in [1.165, 1.54) is 23.5 Å². The van der Waals surface area contributed by atoms with E-state index in [1.807, 2.05) is 5.38 Å². The Hall–Kier alpha value is -1.42. The number of fused-ring (bicyclic) bond motifs is 1. The molecule has 0 unspecified atom stereocenters. The standard InChI is InChI=1S/C15H18FNOS/c1-3-7-17(8-4-2)13-10-19-14-6-5-11(16)9-12(14)15(13)18/h5-6,9-10H,3-4,7-8H2,1-2H3. The highest BCUT2D eigenvalue weighted by atomic mass is 32.1. The zero-order valence-electron chi connectivity index (χ0n) is 11.3. The molecule has 0 radical (unpaired) electrons. The third-order valence-electron chi connectivity index (χ3n) is 3.04. The maximum Gasteiger partial charge on any atom is 0.211 e. The summed E-state index contributed by atoms with van der Waals surface area (Å²) in [6.07, 6.45) is 1.98. The maximum atomic E-state index is 13.3. The molecule has 4 heteroatoms. The summed E-state index contributed by atoms with van der Waals surface area (Å²) in [5.74, 6) is -0.355. The topological polar surface area (TPSA) is 20.3 Å². The molecule has 102 valence electrons. The lowest BCUT2D eigenvalue weighted by atomic mass is 10.2. The van der Waals surface area contributed by atoms with E-state index in [2.05, 4.69) is 18.7 Å². The van der Waals surface area contributed by atoms with Crippen LogP contribution in [-0.2, 0) is 0 Å². The van der Waals surface area contributed by atoms with E-state index in [0.29, 0.717) is 11.1 Å². The number of benzene rings is 1. The molecule has 2 aromatic rings. The van der Waals surface area contributed by atoms with Crippen molar-refractivity contribution in [2.24, 2.45) is 0 Å². The van der Waals surface area contributed by atoms with Gasteiger partial charge in [0.15, 0.2) is 0 Å². The van der Waals surface area contributed by atoms with Gasteiger partial charge in [0.05, 0.1) is 5.69 Å². The Morgan fingerprint density at radius 3 is 2.53 bits per heavy atom.